The second kappa shape index (κ2) is 5.69. The van der Waals surface area contributed by atoms with Gasteiger partial charge in [-0.1, -0.05) is 0 Å². The molecule has 2 rings (SSSR count). The summed E-state index contributed by atoms with van der Waals surface area (Å²) in [6.07, 6.45) is -0.643. The van der Waals surface area contributed by atoms with E-state index in [4.69, 9.17) is 10.5 Å². The van der Waals surface area contributed by atoms with Crippen molar-refractivity contribution in [2.45, 2.75) is 29.4 Å². The van der Waals surface area contributed by atoms with Gasteiger partial charge in [0.25, 0.3) is 6.43 Å². The average Bonchev–Trinajstić information content (AvgIpc) is 2.32. The molecule has 0 atom stereocenters. The molecule has 2 nitrogen and oxygen atoms in total. The Kier molecular flexibility index (Phi) is 4.23. The van der Waals surface area contributed by atoms with Crippen LogP contribution in [0.5, 0.6) is 0 Å². The first kappa shape index (κ1) is 12.6. The third-order valence-corrected chi connectivity index (χ3v) is 4.16. The number of nitrogen functional groups attached to an aromatic ring is 1. The molecule has 5 heteroatoms. The van der Waals surface area contributed by atoms with Crippen LogP contribution in [0.2, 0.25) is 0 Å². The van der Waals surface area contributed by atoms with Gasteiger partial charge in [0.2, 0.25) is 0 Å². The van der Waals surface area contributed by atoms with Gasteiger partial charge in [0.15, 0.2) is 0 Å². The largest absolute Gasteiger partial charge is 0.399 e. The van der Waals surface area contributed by atoms with E-state index in [0.29, 0.717) is 15.8 Å². The molecule has 0 spiro atoms. The predicted molar refractivity (Wildman–Crippen MR) is 65.5 cm³/mol. The lowest BCUT2D eigenvalue weighted by Gasteiger charge is -2.22. The average molecular weight is 259 g/mol. The number of alkyl halides is 2. The number of hydrogen-bond donors (Lipinski definition) is 1. The Morgan fingerprint density at radius 3 is 2.65 bits per heavy atom. The van der Waals surface area contributed by atoms with E-state index in [1.165, 1.54) is 17.8 Å². The number of benzene rings is 1. The summed E-state index contributed by atoms with van der Waals surface area (Å²) in [5.74, 6) is 0. The Bertz CT molecular complexity index is 381. The van der Waals surface area contributed by atoms with E-state index in [-0.39, 0.29) is 5.56 Å². The Labute approximate surface area is 104 Å². The van der Waals surface area contributed by atoms with Crippen LogP contribution in [-0.4, -0.2) is 18.5 Å². The molecule has 1 aliphatic heterocycles. The highest BCUT2D eigenvalue weighted by Crippen LogP contribution is 2.36. The van der Waals surface area contributed by atoms with Gasteiger partial charge < -0.3 is 10.5 Å². The maximum atomic E-state index is 12.9. The highest BCUT2D eigenvalue weighted by molar-refractivity contribution is 8.00. The van der Waals surface area contributed by atoms with Crippen molar-refractivity contribution in [3.8, 4) is 0 Å². The molecule has 0 aliphatic carbocycles. The van der Waals surface area contributed by atoms with Gasteiger partial charge in [-0.15, -0.1) is 11.8 Å². The van der Waals surface area contributed by atoms with Crippen molar-refractivity contribution >= 4 is 17.4 Å². The molecule has 0 bridgehead atoms. The smallest absolute Gasteiger partial charge is 0.265 e. The first-order chi connectivity index (χ1) is 8.16. The summed E-state index contributed by atoms with van der Waals surface area (Å²) < 4.78 is 31.0. The zero-order valence-corrected chi connectivity index (χ0v) is 10.2. The van der Waals surface area contributed by atoms with Crippen molar-refractivity contribution < 1.29 is 13.5 Å². The highest BCUT2D eigenvalue weighted by atomic mass is 32.2. The minimum atomic E-state index is -2.47. The van der Waals surface area contributed by atoms with Gasteiger partial charge >= 0.3 is 0 Å². The monoisotopic (exact) mass is 259 g/mol. The summed E-state index contributed by atoms with van der Waals surface area (Å²) in [4.78, 5) is 0.640. The molecule has 2 N–H and O–H groups in total. The van der Waals surface area contributed by atoms with E-state index < -0.39 is 6.43 Å². The molecule has 0 radical (unpaired) electrons. The van der Waals surface area contributed by atoms with Crippen LogP contribution in [0.3, 0.4) is 0 Å². The minimum absolute atomic E-state index is 0.0430. The highest BCUT2D eigenvalue weighted by Gasteiger charge is 2.19. The number of rotatable bonds is 3. The third-order valence-electron chi connectivity index (χ3n) is 2.73. The van der Waals surface area contributed by atoms with E-state index in [1.807, 2.05) is 0 Å². The zero-order valence-electron chi connectivity index (χ0n) is 9.36. The van der Waals surface area contributed by atoms with E-state index in [1.54, 1.807) is 12.1 Å². The molecule has 0 saturated carbocycles. The van der Waals surface area contributed by atoms with Gasteiger partial charge in [-0.05, 0) is 31.0 Å². The van der Waals surface area contributed by atoms with Crippen LogP contribution in [0.25, 0.3) is 0 Å². The quantitative estimate of drug-likeness (QED) is 0.844. The van der Waals surface area contributed by atoms with E-state index >= 15 is 0 Å². The number of hydrogen-bond acceptors (Lipinski definition) is 3. The van der Waals surface area contributed by atoms with E-state index in [9.17, 15) is 8.78 Å². The Balaban J connectivity index is 2.13. The topological polar surface area (TPSA) is 35.2 Å². The molecule has 17 heavy (non-hydrogen) atoms. The first-order valence-corrected chi connectivity index (χ1v) is 6.47. The van der Waals surface area contributed by atoms with Crippen molar-refractivity contribution in [3.63, 3.8) is 0 Å². The fourth-order valence-electron chi connectivity index (χ4n) is 1.82. The summed E-state index contributed by atoms with van der Waals surface area (Å²) in [5.41, 5.74) is 5.96. The van der Waals surface area contributed by atoms with Crippen LogP contribution in [0.4, 0.5) is 14.5 Å². The molecule has 0 unspecified atom stereocenters. The summed E-state index contributed by atoms with van der Waals surface area (Å²) >= 11 is 1.51. The van der Waals surface area contributed by atoms with Crippen LogP contribution in [0.15, 0.2) is 23.1 Å². The van der Waals surface area contributed by atoms with Gasteiger partial charge in [-0.2, -0.15) is 0 Å². The molecule has 1 heterocycles. The van der Waals surface area contributed by atoms with Gasteiger partial charge in [-0.3, -0.25) is 0 Å². The minimum Gasteiger partial charge on any atom is -0.399 e. The van der Waals surface area contributed by atoms with Crippen LogP contribution >= 0.6 is 11.8 Å². The standard InChI is InChI=1S/C12H15F2NOS/c13-12(14)10-7-8(15)1-2-11(10)17-9-3-5-16-6-4-9/h1-2,7,9,12H,3-6,15H2. The van der Waals surface area contributed by atoms with Crippen molar-refractivity contribution in [1.82, 2.24) is 0 Å². The van der Waals surface area contributed by atoms with Crippen LogP contribution in [0.1, 0.15) is 24.8 Å². The Morgan fingerprint density at radius 2 is 2.00 bits per heavy atom. The molecule has 94 valence electrons. The number of thioether (sulfide) groups is 1. The lowest BCUT2D eigenvalue weighted by molar-refractivity contribution is 0.1000. The van der Waals surface area contributed by atoms with Crippen molar-refractivity contribution in [2.24, 2.45) is 0 Å². The molecular weight excluding hydrogens is 244 g/mol. The van der Waals surface area contributed by atoms with Gasteiger partial charge in [0, 0.05) is 34.6 Å². The second-order valence-corrected chi connectivity index (χ2v) is 5.37. The molecule has 1 aliphatic rings. The maximum absolute atomic E-state index is 12.9. The Hall–Kier alpha value is -0.810. The van der Waals surface area contributed by atoms with Gasteiger partial charge in [0.1, 0.15) is 0 Å². The SMILES string of the molecule is Nc1ccc(SC2CCOCC2)c(C(F)F)c1. The number of anilines is 1. The maximum Gasteiger partial charge on any atom is 0.265 e. The van der Waals surface area contributed by atoms with E-state index in [2.05, 4.69) is 0 Å². The van der Waals surface area contributed by atoms with E-state index in [0.717, 1.165) is 26.1 Å². The van der Waals surface area contributed by atoms with Gasteiger partial charge in [0.05, 0.1) is 0 Å². The molecule has 1 fully saturated rings. The van der Waals surface area contributed by atoms with Crippen molar-refractivity contribution in [3.05, 3.63) is 23.8 Å². The zero-order chi connectivity index (χ0) is 12.3. The lowest BCUT2D eigenvalue weighted by Crippen LogP contribution is -2.17. The molecular formula is C12H15F2NOS. The fraction of sp³-hybridized carbons (Fsp3) is 0.500. The number of nitrogens with two attached hydrogens (primary N) is 1. The second-order valence-electron chi connectivity index (χ2n) is 4.03. The van der Waals surface area contributed by atoms with Crippen LogP contribution in [0, 0.1) is 0 Å². The molecule has 1 saturated heterocycles. The predicted octanol–water partition coefficient (Wildman–Crippen LogP) is 3.48. The Morgan fingerprint density at radius 1 is 1.29 bits per heavy atom. The molecule has 0 aromatic heterocycles. The molecule has 0 amide bonds. The fourth-order valence-corrected chi connectivity index (χ4v) is 3.04. The third kappa shape index (κ3) is 3.33. The summed E-state index contributed by atoms with van der Waals surface area (Å²) in [6, 6.07) is 4.73. The molecule has 1 aromatic carbocycles. The normalized spacial score (nSPS) is 17.6. The first-order valence-electron chi connectivity index (χ1n) is 5.59. The van der Waals surface area contributed by atoms with Gasteiger partial charge in [-0.25, -0.2) is 8.78 Å². The van der Waals surface area contributed by atoms with Crippen LogP contribution in [-0.2, 0) is 4.74 Å². The van der Waals surface area contributed by atoms with Crippen LogP contribution < -0.4 is 5.73 Å². The summed E-state index contributed by atoms with van der Waals surface area (Å²) in [5, 5.41) is 0.366. The number of ether oxygens (including phenoxy) is 1. The number of halogens is 2. The summed E-state index contributed by atoms with van der Waals surface area (Å²) in [6.45, 7) is 1.44. The van der Waals surface area contributed by atoms with Crippen molar-refractivity contribution in [1.29, 1.82) is 0 Å². The molecule has 1 aromatic rings. The summed E-state index contributed by atoms with van der Waals surface area (Å²) in [7, 11) is 0. The van der Waals surface area contributed by atoms with Crippen molar-refractivity contribution in [2.75, 3.05) is 18.9 Å². The lowest BCUT2D eigenvalue weighted by atomic mass is 10.2.